The van der Waals surface area contributed by atoms with Gasteiger partial charge in [0.2, 0.25) is 0 Å². The molecule has 3 nitrogen and oxygen atoms in total. The molecule has 0 bridgehead atoms. The van der Waals surface area contributed by atoms with Crippen LogP contribution in [0.15, 0.2) is 84.9 Å². The lowest BCUT2D eigenvalue weighted by molar-refractivity contribution is -0.137. The number of piperidine rings is 1. The number of nitrogens with zero attached hydrogens (tertiary/aromatic N) is 1. The quantitative estimate of drug-likeness (QED) is 0.396. The summed E-state index contributed by atoms with van der Waals surface area (Å²) in [5, 5.41) is 12.0. The van der Waals surface area contributed by atoms with Gasteiger partial charge < -0.3 is 14.7 Å². The van der Waals surface area contributed by atoms with Crippen LogP contribution in [0, 0.1) is 5.92 Å². The van der Waals surface area contributed by atoms with Gasteiger partial charge in [-0.05, 0) is 80.6 Å². The lowest BCUT2D eigenvalue weighted by Crippen LogP contribution is -2.44. The average molecular weight is 484 g/mol. The first-order chi connectivity index (χ1) is 16.8. The standard InChI is InChI=1S/C29H32F3NO2/c1-22(35-27-14-12-26(13-15-27)29(30,31)32)16-19-33-20-17-25(18-21-33)28(34,23-8-4-2-5-9-23)24-10-6-3-7-11-24/h2-15,22,25,34H,16-21H2,1H3. The molecule has 0 radical (unpaired) electrons. The van der Waals surface area contributed by atoms with Gasteiger partial charge in [0.15, 0.2) is 0 Å². The maximum atomic E-state index is 12.7. The lowest BCUT2D eigenvalue weighted by atomic mass is 9.72. The summed E-state index contributed by atoms with van der Waals surface area (Å²) in [4.78, 5) is 2.37. The fourth-order valence-corrected chi connectivity index (χ4v) is 4.98. The molecule has 3 aromatic rings. The summed E-state index contributed by atoms with van der Waals surface area (Å²) >= 11 is 0. The van der Waals surface area contributed by atoms with E-state index in [-0.39, 0.29) is 12.0 Å². The van der Waals surface area contributed by atoms with Crippen LogP contribution in [-0.4, -0.2) is 35.7 Å². The highest BCUT2D eigenvalue weighted by Gasteiger charge is 2.41. The predicted octanol–water partition coefficient (Wildman–Crippen LogP) is 6.51. The summed E-state index contributed by atoms with van der Waals surface area (Å²) < 4.78 is 44.1. The summed E-state index contributed by atoms with van der Waals surface area (Å²) in [6.07, 6.45) is -1.95. The highest BCUT2D eigenvalue weighted by molar-refractivity contribution is 5.37. The number of aliphatic hydroxyl groups is 1. The van der Waals surface area contributed by atoms with Gasteiger partial charge in [0, 0.05) is 6.54 Å². The van der Waals surface area contributed by atoms with Gasteiger partial charge in [0.1, 0.15) is 11.4 Å². The van der Waals surface area contributed by atoms with Gasteiger partial charge in [0.25, 0.3) is 0 Å². The van der Waals surface area contributed by atoms with Crippen molar-refractivity contribution in [1.29, 1.82) is 0 Å². The molecule has 1 atom stereocenters. The Morgan fingerprint density at radius 1 is 0.829 bits per heavy atom. The van der Waals surface area contributed by atoms with E-state index in [0.717, 1.165) is 62.2 Å². The van der Waals surface area contributed by atoms with Crippen LogP contribution in [0.5, 0.6) is 5.75 Å². The Balaban J connectivity index is 1.32. The van der Waals surface area contributed by atoms with Crippen LogP contribution in [-0.2, 0) is 11.8 Å². The molecule has 1 saturated heterocycles. The highest BCUT2D eigenvalue weighted by Crippen LogP contribution is 2.42. The van der Waals surface area contributed by atoms with Crippen molar-refractivity contribution in [3.63, 3.8) is 0 Å². The zero-order valence-corrected chi connectivity index (χ0v) is 19.9. The van der Waals surface area contributed by atoms with Gasteiger partial charge in [-0.25, -0.2) is 0 Å². The molecule has 1 unspecified atom stereocenters. The zero-order chi connectivity index (χ0) is 24.9. The number of benzene rings is 3. The van der Waals surface area contributed by atoms with E-state index in [1.54, 1.807) is 0 Å². The Labute approximate surface area is 205 Å². The molecule has 0 aromatic heterocycles. The Kier molecular flexibility index (Phi) is 7.82. The van der Waals surface area contributed by atoms with Crippen molar-refractivity contribution in [1.82, 2.24) is 4.90 Å². The van der Waals surface area contributed by atoms with E-state index in [1.165, 1.54) is 12.1 Å². The van der Waals surface area contributed by atoms with Crippen LogP contribution >= 0.6 is 0 Å². The monoisotopic (exact) mass is 483 g/mol. The van der Waals surface area contributed by atoms with Crippen LogP contribution in [0.2, 0.25) is 0 Å². The normalized spacial score (nSPS) is 16.7. The van der Waals surface area contributed by atoms with E-state index < -0.39 is 17.3 Å². The third kappa shape index (κ3) is 6.06. The molecule has 1 heterocycles. The number of ether oxygens (including phenoxy) is 1. The fourth-order valence-electron chi connectivity index (χ4n) is 4.98. The van der Waals surface area contributed by atoms with Crippen molar-refractivity contribution < 1.29 is 23.0 Å². The molecule has 0 saturated carbocycles. The minimum Gasteiger partial charge on any atom is -0.491 e. The second kappa shape index (κ2) is 10.8. The first-order valence-electron chi connectivity index (χ1n) is 12.2. The number of hydrogen-bond acceptors (Lipinski definition) is 3. The second-order valence-electron chi connectivity index (χ2n) is 9.35. The minimum atomic E-state index is -4.34. The van der Waals surface area contributed by atoms with Gasteiger partial charge >= 0.3 is 6.18 Å². The third-order valence-corrected chi connectivity index (χ3v) is 6.98. The maximum absolute atomic E-state index is 12.7. The molecule has 3 aromatic carbocycles. The van der Waals surface area contributed by atoms with E-state index in [0.29, 0.717) is 5.75 Å². The largest absolute Gasteiger partial charge is 0.491 e. The molecular weight excluding hydrogens is 451 g/mol. The molecule has 0 aliphatic carbocycles. The highest BCUT2D eigenvalue weighted by atomic mass is 19.4. The molecule has 1 fully saturated rings. The second-order valence-corrected chi connectivity index (χ2v) is 9.35. The number of rotatable bonds is 8. The summed E-state index contributed by atoms with van der Waals surface area (Å²) in [5.41, 5.74) is 0.130. The molecule has 35 heavy (non-hydrogen) atoms. The third-order valence-electron chi connectivity index (χ3n) is 6.98. The average Bonchev–Trinajstić information content (AvgIpc) is 2.88. The fraction of sp³-hybridized carbons (Fsp3) is 0.379. The van der Waals surface area contributed by atoms with Crippen molar-refractivity contribution in [2.24, 2.45) is 5.92 Å². The lowest BCUT2D eigenvalue weighted by Gasteiger charge is -2.42. The van der Waals surface area contributed by atoms with Crippen LogP contribution in [0.25, 0.3) is 0 Å². The van der Waals surface area contributed by atoms with Gasteiger partial charge in [-0.15, -0.1) is 0 Å². The Hall–Kier alpha value is -2.83. The number of hydrogen-bond donors (Lipinski definition) is 1. The van der Waals surface area contributed by atoms with Crippen LogP contribution < -0.4 is 4.74 Å². The van der Waals surface area contributed by atoms with E-state index >= 15 is 0 Å². The summed E-state index contributed by atoms with van der Waals surface area (Å²) in [6.45, 7) is 4.52. The Morgan fingerprint density at radius 3 is 1.83 bits per heavy atom. The SMILES string of the molecule is CC(CCN1CCC(C(O)(c2ccccc2)c2ccccc2)CC1)Oc1ccc(C(F)(F)F)cc1. The first-order valence-corrected chi connectivity index (χ1v) is 12.2. The van der Waals surface area contributed by atoms with Crippen molar-refractivity contribution in [3.8, 4) is 5.75 Å². The van der Waals surface area contributed by atoms with Crippen molar-refractivity contribution >= 4 is 0 Å². The first kappa shape index (κ1) is 25.3. The number of likely N-dealkylation sites (tertiary alicyclic amines) is 1. The Bertz CT molecular complexity index is 1010. The molecule has 6 heteroatoms. The number of halogens is 3. The van der Waals surface area contributed by atoms with Crippen LogP contribution in [0.1, 0.15) is 42.9 Å². The molecule has 0 amide bonds. The molecule has 186 valence electrons. The van der Waals surface area contributed by atoms with E-state index in [2.05, 4.69) is 4.90 Å². The van der Waals surface area contributed by atoms with Crippen LogP contribution in [0.4, 0.5) is 13.2 Å². The van der Waals surface area contributed by atoms with Crippen LogP contribution in [0.3, 0.4) is 0 Å². The van der Waals surface area contributed by atoms with E-state index in [1.807, 2.05) is 67.6 Å². The topological polar surface area (TPSA) is 32.7 Å². The summed E-state index contributed by atoms with van der Waals surface area (Å²) in [7, 11) is 0. The molecule has 1 N–H and O–H groups in total. The van der Waals surface area contributed by atoms with E-state index in [9.17, 15) is 18.3 Å². The molecule has 1 aliphatic heterocycles. The minimum absolute atomic E-state index is 0.101. The van der Waals surface area contributed by atoms with Gasteiger partial charge in [-0.2, -0.15) is 13.2 Å². The number of alkyl halides is 3. The van der Waals surface area contributed by atoms with Crippen molar-refractivity contribution in [3.05, 3.63) is 102 Å². The van der Waals surface area contributed by atoms with E-state index in [4.69, 9.17) is 4.74 Å². The predicted molar refractivity (Wildman–Crippen MR) is 131 cm³/mol. The zero-order valence-electron chi connectivity index (χ0n) is 19.9. The summed E-state index contributed by atoms with van der Waals surface area (Å²) in [6, 6.07) is 24.6. The van der Waals surface area contributed by atoms with Crippen molar-refractivity contribution in [2.75, 3.05) is 19.6 Å². The van der Waals surface area contributed by atoms with Gasteiger partial charge in [-0.1, -0.05) is 60.7 Å². The maximum Gasteiger partial charge on any atom is 0.416 e. The molecule has 1 aliphatic rings. The van der Waals surface area contributed by atoms with Gasteiger partial charge in [-0.3, -0.25) is 0 Å². The van der Waals surface area contributed by atoms with Gasteiger partial charge in [0.05, 0.1) is 11.7 Å². The molecular formula is C29H32F3NO2. The smallest absolute Gasteiger partial charge is 0.416 e. The van der Waals surface area contributed by atoms with Crippen molar-refractivity contribution in [2.45, 2.75) is 44.1 Å². The Morgan fingerprint density at radius 2 is 1.34 bits per heavy atom. The molecule has 0 spiro atoms. The summed E-state index contributed by atoms with van der Waals surface area (Å²) in [5.74, 6) is 0.546. The molecule has 4 rings (SSSR count).